The molecule has 0 radical (unpaired) electrons. The highest BCUT2D eigenvalue weighted by atomic mass is 79.9. The monoisotopic (exact) mass is 426 g/mol. The number of benzene rings is 1. The smallest absolute Gasteiger partial charge is 0.270 e. The molecule has 3 aromatic rings. The molecule has 1 amide bonds. The third-order valence-corrected chi connectivity index (χ3v) is 5.85. The van der Waals surface area contributed by atoms with Gasteiger partial charge in [-0.3, -0.25) is 4.79 Å². The molecule has 1 aliphatic rings. The highest BCUT2D eigenvalue weighted by molar-refractivity contribution is 9.10. The molecular formula is C21H23BrN4O. The van der Waals surface area contributed by atoms with E-state index in [1.54, 1.807) is 6.20 Å². The Morgan fingerprint density at radius 3 is 2.70 bits per heavy atom. The number of anilines is 1. The van der Waals surface area contributed by atoms with Crippen LogP contribution in [-0.4, -0.2) is 41.0 Å². The summed E-state index contributed by atoms with van der Waals surface area (Å²) in [5.41, 5.74) is 6.76. The molecule has 140 valence electrons. The molecule has 4 rings (SSSR count). The van der Waals surface area contributed by atoms with Gasteiger partial charge in [-0.15, -0.1) is 0 Å². The number of aromatic nitrogens is 2. The van der Waals surface area contributed by atoms with Crippen molar-refractivity contribution in [3.63, 3.8) is 0 Å². The van der Waals surface area contributed by atoms with Crippen molar-refractivity contribution >= 4 is 38.4 Å². The normalized spacial score (nSPS) is 13.7. The number of pyridine rings is 1. The number of hydrogen-bond acceptors (Lipinski definition) is 3. The summed E-state index contributed by atoms with van der Waals surface area (Å²) in [6.07, 6.45) is 2.69. The van der Waals surface area contributed by atoms with Crippen LogP contribution in [0.15, 0.2) is 35.1 Å². The van der Waals surface area contributed by atoms with E-state index in [0.717, 1.165) is 28.5 Å². The topological polar surface area (TPSA) is 41.4 Å². The second-order valence-electron chi connectivity index (χ2n) is 7.43. The van der Waals surface area contributed by atoms with Gasteiger partial charge < -0.3 is 14.4 Å². The molecule has 27 heavy (non-hydrogen) atoms. The van der Waals surface area contributed by atoms with Crippen LogP contribution in [0.5, 0.6) is 0 Å². The van der Waals surface area contributed by atoms with Gasteiger partial charge in [-0.25, -0.2) is 4.98 Å². The lowest BCUT2D eigenvalue weighted by molar-refractivity contribution is 0.0725. The Kier molecular flexibility index (Phi) is 4.46. The summed E-state index contributed by atoms with van der Waals surface area (Å²) >= 11 is 3.40. The van der Waals surface area contributed by atoms with Gasteiger partial charge in [0.25, 0.3) is 5.91 Å². The van der Waals surface area contributed by atoms with Crippen LogP contribution in [0, 0.1) is 6.92 Å². The fraction of sp³-hybridized carbons (Fsp3) is 0.333. The largest absolute Gasteiger partial charge is 0.377 e. The minimum Gasteiger partial charge on any atom is -0.377 e. The van der Waals surface area contributed by atoms with E-state index in [9.17, 15) is 4.79 Å². The summed E-state index contributed by atoms with van der Waals surface area (Å²) in [5, 5.41) is 1.02. The first-order valence-corrected chi connectivity index (χ1v) is 9.84. The van der Waals surface area contributed by atoms with Crippen LogP contribution in [-0.2, 0) is 20.0 Å². The molecular weight excluding hydrogens is 404 g/mol. The number of rotatable bonds is 2. The first kappa shape index (κ1) is 18.0. The number of hydrogen-bond donors (Lipinski definition) is 0. The SMILES string of the molecule is Cc1cc2c(cc1N(C)C)CCN(C(=O)c1cc3cc(Br)ncc3n1C)C2. The fourth-order valence-electron chi connectivity index (χ4n) is 3.95. The van der Waals surface area contributed by atoms with Gasteiger partial charge in [-0.1, -0.05) is 6.07 Å². The van der Waals surface area contributed by atoms with E-state index in [4.69, 9.17) is 0 Å². The molecule has 5 nitrogen and oxygen atoms in total. The number of halogens is 1. The quantitative estimate of drug-likeness (QED) is 0.583. The van der Waals surface area contributed by atoms with Gasteiger partial charge in [-0.2, -0.15) is 0 Å². The first-order chi connectivity index (χ1) is 12.8. The summed E-state index contributed by atoms with van der Waals surface area (Å²) < 4.78 is 2.71. The third kappa shape index (κ3) is 3.12. The second-order valence-corrected chi connectivity index (χ2v) is 8.25. The minimum atomic E-state index is 0.0739. The van der Waals surface area contributed by atoms with Gasteiger partial charge in [0.05, 0.1) is 11.7 Å². The van der Waals surface area contributed by atoms with Crippen molar-refractivity contribution in [1.29, 1.82) is 0 Å². The fourth-order valence-corrected chi connectivity index (χ4v) is 4.30. The molecule has 1 aliphatic heterocycles. The molecule has 0 unspecified atom stereocenters. The van der Waals surface area contributed by atoms with Crippen LogP contribution in [0.2, 0.25) is 0 Å². The van der Waals surface area contributed by atoms with Crippen LogP contribution >= 0.6 is 15.9 Å². The average Bonchev–Trinajstić information content (AvgIpc) is 2.95. The van der Waals surface area contributed by atoms with E-state index < -0.39 is 0 Å². The Morgan fingerprint density at radius 1 is 1.19 bits per heavy atom. The predicted octanol–water partition coefficient (Wildman–Crippen LogP) is 3.91. The number of nitrogens with zero attached hydrogens (tertiary/aromatic N) is 4. The lowest BCUT2D eigenvalue weighted by atomic mass is 9.96. The molecule has 6 heteroatoms. The van der Waals surface area contributed by atoms with E-state index in [1.165, 1.54) is 22.4 Å². The highest BCUT2D eigenvalue weighted by Crippen LogP contribution is 2.29. The van der Waals surface area contributed by atoms with Crippen molar-refractivity contribution < 1.29 is 4.79 Å². The molecule has 0 saturated carbocycles. The maximum atomic E-state index is 13.2. The number of carbonyl (C=O) groups excluding carboxylic acids is 1. The Bertz CT molecular complexity index is 1050. The number of aryl methyl sites for hydroxylation is 2. The molecule has 0 bridgehead atoms. The summed E-state index contributed by atoms with van der Waals surface area (Å²) in [6, 6.07) is 8.41. The summed E-state index contributed by atoms with van der Waals surface area (Å²) in [5.74, 6) is 0.0739. The Morgan fingerprint density at radius 2 is 1.96 bits per heavy atom. The molecule has 0 fully saturated rings. The Hall–Kier alpha value is -2.34. The molecule has 0 atom stereocenters. The van der Waals surface area contributed by atoms with Crippen LogP contribution in [0.3, 0.4) is 0 Å². The van der Waals surface area contributed by atoms with Crippen molar-refractivity contribution in [3.05, 3.63) is 57.4 Å². The van der Waals surface area contributed by atoms with Gasteiger partial charge in [-0.05, 0) is 64.2 Å². The van der Waals surface area contributed by atoms with Crippen molar-refractivity contribution in [1.82, 2.24) is 14.5 Å². The van der Waals surface area contributed by atoms with Crippen LogP contribution in [0.25, 0.3) is 10.9 Å². The zero-order valence-corrected chi connectivity index (χ0v) is 17.7. The number of fused-ring (bicyclic) bond motifs is 2. The van der Waals surface area contributed by atoms with Crippen LogP contribution < -0.4 is 4.90 Å². The molecule has 2 aromatic heterocycles. The van der Waals surface area contributed by atoms with E-state index >= 15 is 0 Å². The van der Waals surface area contributed by atoms with Gasteiger partial charge in [0, 0.05) is 45.3 Å². The number of amides is 1. The van der Waals surface area contributed by atoms with E-state index in [1.807, 2.05) is 28.6 Å². The van der Waals surface area contributed by atoms with Crippen molar-refractivity contribution in [2.75, 3.05) is 25.5 Å². The average molecular weight is 427 g/mol. The third-order valence-electron chi connectivity index (χ3n) is 5.41. The van der Waals surface area contributed by atoms with Gasteiger partial charge in [0.1, 0.15) is 10.3 Å². The van der Waals surface area contributed by atoms with Gasteiger partial charge >= 0.3 is 0 Å². The van der Waals surface area contributed by atoms with Gasteiger partial charge in [0.15, 0.2) is 0 Å². The maximum Gasteiger partial charge on any atom is 0.270 e. The van der Waals surface area contributed by atoms with E-state index in [0.29, 0.717) is 12.2 Å². The summed E-state index contributed by atoms with van der Waals surface area (Å²) in [7, 11) is 6.07. The first-order valence-electron chi connectivity index (χ1n) is 9.05. The lowest BCUT2D eigenvalue weighted by Gasteiger charge is -2.30. The summed E-state index contributed by atoms with van der Waals surface area (Å²) in [4.78, 5) is 21.6. The maximum absolute atomic E-state index is 13.2. The Balaban J connectivity index is 1.65. The van der Waals surface area contributed by atoms with E-state index in [2.05, 4.69) is 59.0 Å². The zero-order chi connectivity index (χ0) is 19.3. The van der Waals surface area contributed by atoms with Crippen molar-refractivity contribution in [2.24, 2.45) is 7.05 Å². The highest BCUT2D eigenvalue weighted by Gasteiger charge is 2.25. The molecule has 0 aliphatic carbocycles. The molecule has 3 heterocycles. The number of carbonyl (C=O) groups is 1. The van der Waals surface area contributed by atoms with Gasteiger partial charge in [0.2, 0.25) is 0 Å². The minimum absolute atomic E-state index is 0.0739. The zero-order valence-electron chi connectivity index (χ0n) is 16.1. The van der Waals surface area contributed by atoms with Crippen molar-refractivity contribution in [2.45, 2.75) is 19.9 Å². The van der Waals surface area contributed by atoms with E-state index in [-0.39, 0.29) is 5.91 Å². The molecule has 0 spiro atoms. The van der Waals surface area contributed by atoms with Crippen molar-refractivity contribution in [3.8, 4) is 0 Å². The summed E-state index contributed by atoms with van der Waals surface area (Å²) in [6.45, 7) is 3.53. The second kappa shape index (κ2) is 6.68. The van der Waals surface area contributed by atoms with Crippen LogP contribution in [0.4, 0.5) is 5.69 Å². The lowest BCUT2D eigenvalue weighted by Crippen LogP contribution is -2.37. The Labute approximate surface area is 167 Å². The molecule has 0 saturated heterocycles. The standard InChI is InChI=1S/C21H23BrN4O/c1-13-7-16-12-26(6-5-14(16)8-17(13)24(2)3)21(27)18-9-15-10-20(22)23-11-19(15)25(18)4/h7-11H,5-6,12H2,1-4H3. The van der Waals surface area contributed by atoms with Crippen LogP contribution in [0.1, 0.15) is 27.2 Å². The predicted molar refractivity (Wildman–Crippen MR) is 112 cm³/mol. The molecule has 0 N–H and O–H groups in total. The molecule has 1 aromatic carbocycles.